The molecule has 0 fully saturated rings. The molecule has 0 atom stereocenters. The van der Waals surface area contributed by atoms with Crippen molar-refractivity contribution < 1.29 is 10.0 Å². The number of rotatable bonds is 9. The lowest BCUT2D eigenvalue weighted by Gasteiger charge is -2.18. The molecule has 1 N–H and O–H groups in total. The van der Waals surface area contributed by atoms with Crippen molar-refractivity contribution in [1.82, 2.24) is 4.90 Å². The van der Waals surface area contributed by atoms with Crippen LogP contribution in [0, 0.1) is 10.1 Å². The summed E-state index contributed by atoms with van der Waals surface area (Å²) in [6, 6.07) is 6.91. The summed E-state index contributed by atoms with van der Waals surface area (Å²) in [5.74, 6) is 0. The summed E-state index contributed by atoms with van der Waals surface area (Å²) < 4.78 is 0. The van der Waals surface area contributed by atoms with Gasteiger partial charge in [0, 0.05) is 18.2 Å². The number of aliphatic hydroxyl groups excluding tert-OH is 1. The van der Waals surface area contributed by atoms with Crippen LogP contribution in [-0.2, 0) is 6.42 Å². The van der Waals surface area contributed by atoms with Crippen molar-refractivity contribution in [2.45, 2.75) is 26.2 Å². The van der Waals surface area contributed by atoms with E-state index in [1.54, 1.807) is 12.1 Å². The normalized spacial score (nSPS) is 10.9. The number of nitrogens with zero attached hydrogens (tertiary/aromatic N) is 2. The molecule has 1 aromatic carbocycles. The second kappa shape index (κ2) is 8.61. The van der Waals surface area contributed by atoms with Gasteiger partial charge in [-0.05, 0) is 32.4 Å². The van der Waals surface area contributed by atoms with Gasteiger partial charge in [0.05, 0.1) is 11.5 Å². The minimum atomic E-state index is -0.320. The van der Waals surface area contributed by atoms with Gasteiger partial charge in [0.15, 0.2) is 0 Å². The minimum absolute atomic E-state index is 0.179. The van der Waals surface area contributed by atoms with E-state index in [9.17, 15) is 10.1 Å². The van der Waals surface area contributed by atoms with Crippen LogP contribution in [-0.4, -0.2) is 41.2 Å². The van der Waals surface area contributed by atoms with Gasteiger partial charge in [-0.3, -0.25) is 10.1 Å². The zero-order valence-electron chi connectivity index (χ0n) is 11.4. The number of aryl methyl sites for hydroxylation is 1. The van der Waals surface area contributed by atoms with E-state index in [0.29, 0.717) is 6.54 Å². The second-order valence-corrected chi connectivity index (χ2v) is 4.50. The third-order valence-corrected chi connectivity index (χ3v) is 3.22. The van der Waals surface area contributed by atoms with Crippen LogP contribution in [0.25, 0.3) is 0 Å². The predicted octanol–water partition coefficient (Wildman–Crippen LogP) is 2.23. The fourth-order valence-electron chi connectivity index (χ4n) is 2.12. The number of nitro benzene ring substituents is 1. The van der Waals surface area contributed by atoms with Gasteiger partial charge in [-0.15, -0.1) is 0 Å². The Morgan fingerprint density at radius 2 is 2.00 bits per heavy atom. The molecule has 0 radical (unpaired) electrons. The van der Waals surface area contributed by atoms with Gasteiger partial charge in [0.25, 0.3) is 5.69 Å². The second-order valence-electron chi connectivity index (χ2n) is 4.50. The molecule has 5 heteroatoms. The number of hydrogen-bond acceptors (Lipinski definition) is 4. The fourth-order valence-corrected chi connectivity index (χ4v) is 2.12. The molecule has 0 aromatic heterocycles. The summed E-state index contributed by atoms with van der Waals surface area (Å²) in [4.78, 5) is 12.7. The summed E-state index contributed by atoms with van der Waals surface area (Å²) in [7, 11) is 0. The van der Waals surface area contributed by atoms with E-state index in [4.69, 9.17) is 5.11 Å². The van der Waals surface area contributed by atoms with Gasteiger partial charge < -0.3 is 10.0 Å². The van der Waals surface area contributed by atoms with E-state index in [-0.39, 0.29) is 17.2 Å². The van der Waals surface area contributed by atoms with Crippen LogP contribution >= 0.6 is 0 Å². The summed E-state index contributed by atoms with van der Waals surface area (Å²) >= 11 is 0. The van der Waals surface area contributed by atoms with Crippen LogP contribution in [0.4, 0.5) is 5.69 Å². The molecule has 0 aliphatic carbocycles. The van der Waals surface area contributed by atoms with Crippen molar-refractivity contribution in [3.63, 3.8) is 0 Å². The van der Waals surface area contributed by atoms with Gasteiger partial charge >= 0.3 is 0 Å². The maximum absolute atomic E-state index is 10.9. The van der Waals surface area contributed by atoms with Gasteiger partial charge in [0.1, 0.15) is 0 Å². The number of aliphatic hydroxyl groups is 1. The molecule has 5 nitrogen and oxygen atoms in total. The third-order valence-electron chi connectivity index (χ3n) is 3.22. The Balaban J connectivity index is 2.39. The first-order chi connectivity index (χ1) is 9.19. The molecule has 0 aliphatic heterocycles. The summed E-state index contributed by atoms with van der Waals surface area (Å²) in [6.07, 6.45) is 2.64. The van der Waals surface area contributed by atoms with E-state index in [2.05, 4.69) is 11.8 Å². The molecule has 0 saturated heterocycles. The predicted molar refractivity (Wildman–Crippen MR) is 75.2 cm³/mol. The molecule has 0 saturated carbocycles. The first-order valence-corrected chi connectivity index (χ1v) is 6.74. The number of benzene rings is 1. The monoisotopic (exact) mass is 266 g/mol. The maximum Gasteiger partial charge on any atom is 0.272 e. The van der Waals surface area contributed by atoms with Gasteiger partial charge in [-0.2, -0.15) is 0 Å². The van der Waals surface area contributed by atoms with Crippen molar-refractivity contribution in [1.29, 1.82) is 0 Å². The maximum atomic E-state index is 10.9. The Kier molecular flexibility index (Phi) is 7.07. The van der Waals surface area contributed by atoms with Crippen molar-refractivity contribution in [2.75, 3.05) is 26.2 Å². The molecule has 19 heavy (non-hydrogen) atoms. The van der Waals surface area contributed by atoms with Crippen LogP contribution in [0.15, 0.2) is 24.3 Å². The van der Waals surface area contributed by atoms with Crippen LogP contribution in [0.5, 0.6) is 0 Å². The lowest BCUT2D eigenvalue weighted by Crippen LogP contribution is -2.27. The summed E-state index contributed by atoms with van der Waals surface area (Å²) in [5, 5.41) is 19.7. The van der Waals surface area contributed by atoms with Crippen LogP contribution in [0.3, 0.4) is 0 Å². The van der Waals surface area contributed by atoms with Crippen molar-refractivity contribution in [3.05, 3.63) is 39.9 Å². The number of nitro groups is 1. The van der Waals surface area contributed by atoms with Crippen LogP contribution in [0.1, 0.15) is 25.3 Å². The van der Waals surface area contributed by atoms with E-state index in [0.717, 1.165) is 37.9 Å². The smallest absolute Gasteiger partial charge is 0.272 e. The lowest BCUT2D eigenvalue weighted by molar-refractivity contribution is -0.385. The molecule has 0 spiro atoms. The Labute approximate surface area is 114 Å². The molecule has 106 valence electrons. The van der Waals surface area contributed by atoms with Gasteiger partial charge in [0.2, 0.25) is 0 Å². The van der Waals surface area contributed by atoms with E-state index < -0.39 is 0 Å². The molecular weight excluding hydrogens is 244 g/mol. The lowest BCUT2D eigenvalue weighted by atomic mass is 10.1. The van der Waals surface area contributed by atoms with Crippen LogP contribution < -0.4 is 0 Å². The van der Waals surface area contributed by atoms with E-state index >= 15 is 0 Å². The number of unbranched alkanes of at least 4 members (excludes halogenated alkanes) is 1. The molecule has 1 aromatic rings. The highest BCUT2D eigenvalue weighted by Crippen LogP contribution is 2.19. The minimum Gasteiger partial charge on any atom is -0.395 e. The topological polar surface area (TPSA) is 66.6 Å². The molecule has 0 bridgehead atoms. The largest absolute Gasteiger partial charge is 0.395 e. The van der Waals surface area contributed by atoms with Crippen molar-refractivity contribution >= 4 is 5.69 Å². The molecule has 1 rings (SSSR count). The SMILES string of the molecule is CCN(CCO)CCCCc1ccccc1[N+](=O)[O-]. The summed E-state index contributed by atoms with van der Waals surface area (Å²) in [5.41, 5.74) is 1.02. The average Bonchev–Trinajstić information content (AvgIpc) is 2.42. The van der Waals surface area contributed by atoms with Crippen LogP contribution in [0.2, 0.25) is 0 Å². The highest BCUT2D eigenvalue weighted by Gasteiger charge is 2.11. The third kappa shape index (κ3) is 5.36. The van der Waals surface area contributed by atoms with E-state index in [1.165, 1.54) is 0 Å². The number of hydrogen-bond donors (Lipinski definition) is 1. The molecular formula is C14H22N2O3. The molecule has 0 unspecified atom stereocenters. The molecule has 0 amide bonds. The Morgan fingerprint density at radius 1 is 1.26 bits per heavy atom. The number of para-hydroxylation sites is 1. The van der Waals surface area contributed by atoms with Crippen molar-refractivity contribution in [3.8, 4) is 0 Å². The van der Waals surface area contributed by atoms with E-state index in [1.807, 2.05) is 12.1 Å². The first-order valence-electron chi connectivity index (χ1n) is 6.74. The number of likely N-dealkylation sites (N-methyl/N-ethyl adjacent to an activating group) is 1. The summed E-state index contributed by atoms with van der Waals surface area (Å²) in [6.45, 7) is 4.79. The highest BCUT2D eigenvalue weighted by molar-refractivity contribution is 5.39. The fraction of sp³-hybridized carbons (Fsp3) is 0.571. The first kappa shape index (κ1) is 15.6. The van der Waals surface area contributed by atoms with Gasteiger partial charge in [-0.1, -0.05) is 25.1 Å². The zero-order chi connectivity index (χ0) is 14.1. The zero-order valence-corrected chi connectivity index (χ0v) is 11.4. The Hall–Kier alpha value is -1.46. The Morgan fingerprint density at radius 3 is 2.63 bits per heavy atom. The quantitative estimate of drug-likeness (QED) is 0.423. The molecule has 0 heterocycles. The standard InChI is InChI=1S/C14H22N2O3/c1-2-15(11-12-17)10-6-5-8-13-7-3-4-9-14(13)16(18)19/h3-4,7,9,17H,2,5-6,8,10-12H2,1H3. The van der Waals surface area contributed by atoms with Crippen molar-refractivity contribution in [2.24, 2.45) is 0 Å². The average molecular weight is 266 g/mol. The highest BCUT2D eigenvalue weighted by atomic mass is 16.6. The Bertz CT molecular complexity index is 396. The molecule has 0 aliphatic rings. The van der Waals surface area contributed by atoms with Gasteiger partial charge in [-0.25, -0.2) is 0 Å².